The largest absolute Gasteiger partial charge is 0.345 e. The van der Waals surface area contributed by atoms with E-state index in [9.17, 15) is 9.18 Å². The lowest BCUT2D eigenvalue weighted by atomic mass is 9.69. The van der Waals surface area contributed by atoms with E-state index in [0.717, 1.165) is 38.0 Å². The third kappa shape index (κ3) is 1.94. The number of likely N-dealkylation sites (tertiary alicyclic amines) is 1. The molecule has 0 aliphatic carbocycles. The minimum Gasteiger partial charge on any atom is -0.345 e. The fraction of sp³-hybridized carbons (Fsp3) is 0.533. The number of carbonyl (C=O) groups excluding carboxylic acids is 1. The summed E-state index contributed by atoms with van der Waals surface area (Å²) in [6, 6.07) is 6.62. The first-order chi connectivity index (χ1) is 9.13. The Morgan fingerprint density at radius 2 is 2.11 bits per heavy atom. The van der Waals surface area contributed by atoms with Crippen molar-refractivity contribution in [2.75, 3.05) is 26.7 Å². The van der Waals surface area contributed by atoms with Gasteiger partial charge in [-0.15, -0.1) is 0 Å². The van der Waals surface area contributed by atoms with Crippen LogP contribution >= 0.6 is 0 Å². The minimum absolute atomic E-state index is 0.165. The number of likely N-dealkylation sites (N-methyl/N-ethyl adjacent to an activating group) is 1. The molecule has 2 aliphatic heterocycles. The van der Waals surface area contributed by atoms with Gasteiger partial charge in [0.1, 0.15) is 5.82 Å². The number of carbonyl (C=O) groups is 1. The van der Waals surface area contributed by atoms with Crippen LogP contribution in [0.25, 0.3) is 0 Å². The molecule has 3 nitrogen and oxygen atoms in total. The summed E-state index contributed by atoms with van der Waals surface area (Å²) in [6.45, 7) is 2.44. The molecule has 1 spiro atoms. The molecule has 3 rings (SSSR count). The van der Waals surface area contributed by atoms with Crippen LogP contribution in [0.15, 0.2) is 24.3 Å². The van der Waals surface area contributed by atoms with Crippen molar-refractivity contribution in [1.29, 1.82) is 0 Å². The lowest BCUT2D eigenvalue weighted by molar-refractivity contribution is -0.136. The van der Waals surface area contributed by atoms with Gasteiger partial charge < -0.3 is 10.2 Å². The molecule has 1 aromatic carbocycles. The van der Waals surface area contributed by atoms with Crippen LogP contribution in [0.5, 0.6) is 0 Å². The van der Waals surface area contributed by atoms with Gasteiger partial charge in [0, 0.05) is 26.1 Å². The van der Waals surface area contributed by atoms with Gasteiger partial charge in [0.25, 0.3) is 0 Å². The van der Waals surface area contributed by atoms with Crippen LogP contribution < -0.4 is 5.32 Å². The first kappa shape index (κ1) is 12.6. The summed E-state index contributed by atoms with van der Waals surface area (Å²) in [7, 11) is 1.86. The van der Waals surface area contributed by atoms with E-state index in [1.165, 1.54) is 12.1 Å². The predicted octanol–water partition coefficient (Wildman–Crippen LogP) is 1.75. The third-order valence-electron chi connectivity index (χ3n) is 4.59. The molecule has 2 heterocycles. The van der Waals surface area contributed by atoms with Gasteiger partial charge in [-0.3, -0.25) is 4.79 Å². The van der Waals surface area contributed by atoms with Crippen molar-refractivity contribution in [3.63, 3.8) is 0 Å². The SMILES string of the molecule is CN1CC(c2ccc(F)cc2)C2(CCCNC2)C1=O. The number of halogens is 1. The van der Waals surface area contributed by atoms with Crippen molar-refractivity contribution < 1.29 is 9.18 Å². The maximum absolute atomic E-state index is 13.1. The number of piperidine rings is 1. The van der Waals surface area contributed by atoms with Gasteiger partial charge in [-0.2, -0.15) is 0 Å². The Kier molecular flexibility index (Phi) is 3.05. The summed E-state index contributed by atoms with van der Waals surface area (Å²) < 4.78 is 13.1. The molecule has 0 aromatic heterocycles. The second kappa shape index (κ2) is 4.60. The van der Waals surface area contributed by atoms with Crippen LogP contribution in [-0.4, -0.2) is 37.5 Å². The van der Waals surface area contributed by atoms with Crippen LogP contribution in [0.1, 0.15) is 24.3 Å². The molecular formula is C15H19FN2O. The molecule has 0 radical (unpaired) electrons. The molecule has 2 aliphatic rings. The number of nitrogens with one attached hydrogen (secondary N) is 1. The van der Waals surface area contributed by atoms with Crippen molar-refractivity contribution in [3.05, 3.63) is 35.6 Å². The average molecular weight is 262 g/mol. The van der Waals surface area contributed by atoms with Crippen LogP contribution in [0.2, 0.25) is 0 Å². The van der Waals surface area contributed by atoms with Gasteiger partial charge >= 0.3 is 0 Å². The molecule has 2 saturated heterocycles. The number of hydrogen-bond acceptors (Lipinski definition) is 2. The molecule has 102 valence electrons. The average Bonchev–Trinajstić information content (AvgIpc) is 2.66. The van der Waals surface area contributed by atoms with E-state index in [0.29, 0.717) is 0 Å². The van der Waals surface area contributed by atoms with Crippen molar-refractivity contribution in [2.24, 2.45) is 5.41 Å². The maximum atomic E-state index is 13.1. The second-order valence-corrected chi connectivity index (χ2v) is 5.73. The Morgan fingerprint density at radius 3 is 2.74 bits per heavy atom. The molecule has 2 fully saturated rings. The van der Waals surface area contributed by atoms with Gasteiger partial charge in [-0.1, -0.05) is 12.1 Å². The van der Waals surface area contributed by atoms with Crippen LogP contribution in [-0.2, 0) is 4.79 Å². The lowest BCUT2D eigenvalue weighted by Gasteiger charge is -2.36. The van der Waals surface area contributed by atoms with Crippen LogP contribution in [0, 0.1) is 11.2 Å². The Morgan fingerprint density at radius 1 is 1.37 bits per heavy atom. The molecule has 0 bridgehead atoms. The number of nitrogens with zero attached hydrogens (tertiary/aromatic N) is 1. The Bertz CT molecular complexity index is 479. The minimum atomic E-state index is -0.329. The van der Waals surface area contributed by atoms with E-state index in [4.69, 9.17) is 0 Å². The highest BCUT2D eigenvalue weighted by molar-refractivity contribution is 5.87. The maximum Gasteiger partial charge on any atom is 0.230 e. The highest BCUT2D eigenvalue weighted by Crippen LogP contribution is 2.47. The summed E-state index contributed by atoms with van der Waals surface area (Å²) >= 11 is 0. The summed E-state index contributed by atoms with van der Waals surface area (Å²) in [6.07, 6.45) is 1.95. The number of amides is 1. The normalized spacial score (nSPS) is 31.2. The van der Waals surface area contributed by atoms with Crippen molar-refractivity contribution in [2.45, 2.75) is 18.8 Å². The predicted molar refractivity (Wildman–Crippen MR) is 71.3 cm³/mol. The highest BCUT2D eigenvalue weighted by Gasteiger charge is 2.53. The van der Waals surface area contributed by atoms with Gasteiger partial charge in [0.2, 0.25) is 5.91 Å². The van der Waals surface area contributed by atoms with Crippen molar-refractivity contribution in [3.8, 4) is 0 Å². The molecular weight excluding hydrogens is 243 g/mol. The van der Waals surface area contributed by atoms with E-state index < -0.39 is 0 Å². The summed E-state index contributed by atoms with van der Waals surface area (Å²) in [4.78, 5) is 14.4. The topological polar surface area (TPSA) is 32.3 Å². The van der Waals surface area contributed by atoms with Crippen molar-refractivity contribution in [1.82, 2.24) is 10.2 Å². The third-order valence-corrected chi connectivity index (χ3v) is 4.59. The van der Waals surface area contributed by atoms with E-state index in [-0.39, 0.29) is 23.1 Å². The van der Waals surface area contributed by atoms with E-state index in [1.54, 1.807) is 0 Å². The molecule has 2 unspecified atom stereocenters. The molecule has 4 heteroatoms. The Balaban J connectivity index is 1.98. The fourth-order valence-electron chi connectivity index (χ4n) is 3.59. The van der Waals surface area contributed by atoms with E-state index in [2.05, 4.69) is 5.32 Å². The van der Waals surface area contributed by atoms with Crippen LogP contribution in [0.4, 0.5) is 4.39 Å². The fourth-order valence-corrected chi connectivity index (χ4v) is 3.59. The first-order valence-corrected chi connectivity index (χ1v) is 6.85. The number of hydrogen-bond donors (Lipinski definition) is 1. The zero-order valence-corrected chi connectivity index (χ0v) is 11.2. The zero-order chi connectivity index (χ0) is 13.5. The molecule has 1 amide bonds. The zero-order valence-electron chi connectivity index (χ0n) is 11.2. The molecule has 19 heavy (non-hydrogen) atoms. The Hall–Kier alpha value is -1.42. The summed E-state index contributed by atoms with van der Waals surface area (Å²) in [5, 5.41) is 3.36. The van der Waals surface area contributed by atoms with Gasteiger partial charge in [-0.25, -0.2) is 4.39 Å². The summed E-state index contributed by atoms with van der Waals surface area (Å²) in [5.41, 5.74) is 0.743. The van der Waals surface area contributed by atoms with Crippen molar-refractivity contribution >= 4 is 5.91 Å². The first-order valence-electron chi connectivity index (χ1n) is 6.85. The smallest absolute Gasteiger partial charge is 0.230 e. The van der Waals surface area contributed by atoms with Gasteiger partial charge in [-0.05, 0) is 37.1 Å². The lowest BCUT2D eigenvalue weighted by Crippen LogP contribution is -2.47. The quantitative estimate of drug-likeness (QED) is 0.836. The van der Waals surface area contributed by atoms with E-state index >= 15 is 0 Å². The number of rotatable bonds is 1. The van der Waals surface area contributed by atoms with Crippen LogP contribution in [0.3, 0.4) is 0 Å². The molecule has 1 aromatic rings. The highest BCUT2D eigenvalue weighted by atomic mass is 19.1. The number of benzene rings is 1. The van der Waals surface area contributed by atoms with Gasteiger partial charge in [0.05, 0.1) is 5.41 Å². The molecule has 0 saturated carbocycles. The standard InChI is InChI=1S/C15H19FN2O/c1-18-9-13(11-3-5-12(16)6-4-11)15(14(18)19)7-2-8-17-10-15/h3-6,13,17H,2,7-10H2,1H3. The molecule has 1 N–H and O–H groups in total. The molecule has 2 atom stereocenters. The monoisotopic (exact) mass is 262 g/mol. The second-order valence-electron chi connectivity index (χ2n) is 5.73. The van der Waals surface area contributed by atoms with Gasteiger partial charge in [0.15, 0.2) is 0 Å². The van der Waals surface area contributed by atoms with E-state index in [1.807, 2.05) is 24.1 Å². The summed E-state index contributed by atoms with van der Waals surface area (Å²) in [5.74, 6) is 0.171. The Labute approximate surface area is 112 Å².